The minimum atomic E-state index is 0. The zero-order valence-corrected chi connectivity index (χ0v) is 10.4. The molecule has 0 aromatic heterocycles. The Morgan fingerprint density at radius 1 is 1.20 bits per heavy atom. The molecule has 3 heteroatoms. The van der Waals surface area contributed by atoms with E-state index in [-0.39, 0.29) is 19.5 Å². The fourth-order valence-electron chi connectivity index (χ4n) is 0.626. The Hall–Kier alpha value is 0.283. The Morgan fingerprint density at radius 3 is 2.20 bits per heavy atom. The third kappa shape index (κ3) is 2.15. The summed E-state index contributed by atoms with van der Waals surface area (Å²) >= 11 is 9.93. The molecular formula is C7H6S2Zn. The van der Waals surface area contributed by atoms with Gasteiger partial charge in [-0.25, -0.2) is 0 Å². The van der Waals surface area contributed by atoms with Crippen LogP contribution in [0.2, 0.25) is 0 Å². The SMILES string of the molecule is Cc1cccc([S-])c1[S-].[Zn+2]. The first kappa shape index (κ1) is 10.3. The van der Waals surface area contributed by atoms with Crippen LogP contribution in [-0.4, -0.2) is 0 Å². The van der Waals surface area contributed by atoms with Crippen LogP contribution in [0.3, 0.4) is 0 Å². The Bertz CT molecular complexity index is 203. The van der Waals surface area contributed by atoms with Crippen LogP contribution >= 0.6 is 0 Å². The van der Waals surface area contributed by atoms with E-state index in [1.165, 1.54) is 0 Å². The fourth-order valence-corrected chi connectivity index (χ4v) is 1.00. The Morgan fingerprint density at radius 2 is 1.80 bits per heavy atom. The van der Waals surface area contributed by atoms with Gasteiger partial charge in [-0.05, 0) is 6.92 Å². The molecule has 0 aliphatic carbocycles. The second kappa shape index (κ2) is 4.22. The molecule has 0 spiro atoms. The van der Waals surface area contributed by atoms with Crippen molar-refractivity contribution in [2.75, 3.05) is 0 Å². The molecule has 1 aromatic carbocycles. The summed E-state index contributed by atoms with van der Waals surface area (Å²) in [4.78, 5) is 1.59. The van der Waals surface area contributed by atoms with E-state index in [2.05, 4.69) is 0 Å². The molecule has 0 radical (unpaired) electrons. The molecule has 0 fully saturated rings. The van der Waals surface area contributed by atoms with Crippen LogP contribution in [0.15, 0.2) is 28.0 Å². The topological polar surface area (TPSA) is 0 Å². The summed E-state index contributed by atoms with van der Waals surface area (Å²) in [6.45, 7) is 1.97. The molecule has 0 saturated carbocycles. The van der Waals surface area contributed by atoms with Crippen molar-refractivity contribution < 1.29 is 19.5 Å². The maximum absolute atomic E-state index is 4.99. The van der Waals surface area contributed by atoms with Gasteiger partial charge in [0.05, 0.1) is 0 Å². The minimum Gasteiger partial charge on any atom is -0.781 e. The van der Waals surface area contributed by atoms with Crippen LogP contribution < -0.4 is 0 Å². The zero-order valence-electron chi connectivity index (χ0n) is 5.76. The van der Waals surface area contributed by atoms with Crippen molar-refractivity contribution in [1.29, 1.82) is 0 Å². The summed E-state index contributed by atoms with van der Waals surface area (Å²) in [5.41, 5.74) is 1.09. The summed E-state index contributed by atoms with van der Waals surface area (Å²) in [6.07, 6.45) is 0. The molecule has 0 unspecified atom stereocenters. The number of hydrogen-bond acceptors (Lipinski definition) is 2. The monoisotopic (exact) mass is 218 g/mol. The smallest absolute Gasteiger partial charge is 0.781 e. The molecule has 0 bridgehead atoms. The molecule has 1 rings (SSSR count). The fraction of sp³-hybridized carbons (Fsp3) is 0.143. The molecule has 48 valence electrons. The van der Waals surface area contributed by atoms with Gasteiger partial charge in [0.25, 0.3) is 0 Å². The average Bonchev–Trinajstić information content (AvgIpc) is 1.83. The largest absolute Gasteiger partial charge is 2.00 e. The normalized spacial score (nSPS) is 8.50. The molecule has 1 aromatic rings. The predicted molar refractivity (Wildman–Crippen MR) is 42.4 cm³/mol. The van der Waals surface area contributed by atoms with E-state index in [9.17, 15) is 0 Å². The van der Waals surface area contributed by atoms with Gasteiger partial charge in [-0.1, -0.05) is 23.8 Å². The van der Waals surface area contributed by atoms with E-state index < -0.39 is 0 Å². The van der Waals surface area contributed by atoms with Gasteiger partial charge in [-0.3, -0.25) is 0 Å². The summed E-state index contributed by atoms with van der Waals surface area (Å²) in [5, 5.41) is 0. The van der Waals surface area contributed by atoms with Crippen molar-refractivity contribution in [2.45, 2.75) is 16.7 Å². The van der Waals surface area contributed by atoms with Gasteiger partial charge in [-0.2, -0.15) is 9.79 Å². The quantitative estimate of drug-likeness (QED) is 0.482. The Balaban J connectivity index is 0.000000810. The molecule has 0 aliphatic rings. The first-order valence-corrected chi connectivity index (χ1v) is 3.47. The van der Waals surface area contributed by atoms with Gasteiger partial charge in [0.15, 0.2) is 0 Å². The Labute approximate surface area is 85.0 Å². The second-order valence-electron chi connectivity index (χ2n) is 1.90. The first-order valence-electron chi connectivity index (χ1n) is 2.65. The predicted octanol–water partition coefficient (Wildman–Crippen LogP) is 1.80. The van der Waals surface area contributed by atoms with Gasteiger partial charge >= 0.3 is 19.5 Å². The van der Waals surface area contributed by atoms with Gasteiger partial charge in [0.1, 0.15) is 0 Å². The van der Waals surface area contributed by atoms with Crippen LogP contribution in [0.5, 0.6) is 0 Å². The summed E-state index contributed by atoms with van der Waals surface area (Å²) in [6, 6.07) is 5.75. The summed E-state index contributed by atoms with van der Waals surface area (Å²) < 4.78 is 0. The van der Waals surface area contributed by atoms with Crippen molar-refractivity contribution in [1.82, 2.24) is 0 Å². The molecule has 0 amide bonds. The minimum absolute atomic E-state index is 0. The van der Waals surface area contributed by atoms with Crippen LogP contribution in [-0.2, 0) is 44.7 Å². The maximum atomic E-state index is 4.99. The molecule has 0 N–H and O–H groups in total. The van der Waals surface area contributed by atoms with Crippen molar-refractivity contribution in [3.8, 4) is 0 Å². The van der Waals surface area contributed by atoms with Crippen molar-refractivity contribution in [3.63, 3.8) is 0 Å². The van der Waals surface area contributed by atoms with Crippen LogP contribution in [0, 0.1) is 6.92 Å². The molecule has 0 saturated heterocycles. The summed E-state index contributed by atoms with van der Waals surface area (Å²) in [7, 11) is 0. The van der Waals surface area contributed by atoms with Gasteiger partial charge in [0, 0.05) is 0 Å². The van der Waals surface area contributed by atoms with Crippen molar-refractivity contribution in [3.05, 3.63) is 23.8 Å². The first-order chi connectivity index (χ1) is 4.22. The van der Waals surface area contributed by atoms with Crippen molar-refractivity contribution >= 4 is 25.3 Å². The van der Waals surface area contributed by atoms with Crippen LogP contribution in [0.4, 0.5) is 0 Å². The number of rotatable bonds is 0. The second-order valence-corrected chi connectivity index (χ2v) is 2.75. The standard InChI is InChI=1S/C7H8S2.Zn/c1-5-3-2-4-6(8)7(5)9;/h2-4,8-9H,1H3;/q;+2/p-2. The zero-order chi connectivity index (χ0) is 6.85. The van der Waals surface area contributed by atoms with E-state index in [4.69, 9.17) is 25.3 Å². The van der Waals surface area contributed by atoms with Gasteiger partial charge in [0.2, 0.25) is 0 Å². The van der Waals surface area contributed by atoms with E-state index in [0.29, 0.717) is 0 Å². The van der Waals surface area contributed by atoms with Crippen molar-refractivity contribution in [2.24, 2.45) is 0 Å². The third-order valence-electron chi connectivity index (χ3n) is 1.18. The summed E-state index contributed by atoms with van der Waals surface area (Å²) in [5.74, 6) is 0. The molecule has 10 heavy (non-hydrogen) atoms. The van der Waals surface area contributed by atoms with Crippen LogP contribution in [0.1, 0.15) is 5.56 Å². The molecule has 0 nitrogen and oxygen atoms in total. The van der Waals surface area contributed by atoms with E-state index in [1.807, 2.05) is 25.1 Å². The van der Waals surface area contributed by atoms with Gasteiger partial charge < -0.3 is 25.3 Å². The molecular weight excluding hydrogens is 214 g/mol. The molecule has 0 heterocycles. The third-order valence-corrected chi connectivity index (χ3v) is 2.19. The molecule has 0 atom stereocenters. The van der Waals surface area contributed by atoms with E-state index in [1.54, 1.807) is 0 Å². The Kier molecular flexibility index (Phi) is 4.34. The molecule has 0 aliphatic heterocycles. The van der Waals surface area contributed by atoms with Crippen LogP contribution in [0.25, 0.3) is 0 Å². The number of hydrogen-bond donors (Lipinski definition) is 0. The maximum Gasteiger partial charge on any atom is 2.00 e. The van der Waals surface area contributed by atoms with Gasteiger partial charge in [-0.15, -0.1) is 0 Å². The number of benzene rings is 1. The van der Waals surface area contributed by atoms with E-state index >= 15 is 0 Å². The number of aryl methyl sites for hydroxylation is 1. The van der Waals surface area contributed by atoms with E-state index in [0.717, 1.165) is 15.4 Å². The average molecular weight is 220 g/mol.